The molecule has 2 N–H and O–H groups in total. The quantitative estimate of drug-likeness (QED) is 0.321. The van der Waals surface area contributed by atoms with Gasteiger partial charge >= 0.3 is 0 Å². The summed E-state index contributed by atoms with van der Waals surface area (Å²) in [5.41, 5.74) is 4.56. The summed E-state index contributed by atoms with van der Waals surface area (Å²) in [5.74, 6) is 1.37. The zero-order chi connectivity index (χ0) is 16.7. The molecule has 0 bridgehead atoms. The van der Waals surface area contributed by atoms with Crippen molar-refractivity contribution in [3.8, 4) is 11.5 Å². The molecule has 0 heterocycles. The molecule has 0 radical (unpaired) electrons. The monoisotopic (exact) mass is 441 g/mol. The summed E-state index contributed by atoms with van der Waals surface area (Å²) in [4.78, 5) is 0. The largest absolute Gasteiger partial charge is 0.493 e. The van der Waals surface area contributed by atoms with Crippen LogP contribution in [0.5, 0.6) is 11.5 Å². The summed E-state index contributed by atoms with van der Waals surface area (Å²) in [6, 6.07) is 13.4. The molecule has 23 heavy (non-hydrogen) atoms. The average Bonchev–Trinajstić information content (AvgIpc) is 2.55. The van der Waals surface area contributed by atoms with E-state index in [1.54, 1.807) is 20.4 Å². The Morgan fingerprint density at radius 1 is 1.17 bits per heavy atom. The number of nitrogens with one attached hydrogen (secondary N) is 2. The number of halogens is 1. The molecule has 0 aromatic heterocycles. The lowest BCUT2D eigenvalue weighted by Gasteiger charge is -2.10. The first kappa shape index (κ1) is 17.5. The molecule has 0 saturated heterocycles. The molecule has 0 saturated carbocycles. The molecule has 120 valence electrons. The average molecular weight is 441 g/mol. The van der Waals surface area contributed by atoms with E-state index in [9.17, 15) is 0 Å². The molecule has 0 spiro atoms. The second-order valence-electron chi connectivity index (χ2n) is 4.43. The van der Waals surface area contributed by atoms with E-state index in [4.69, 9.17) is 21.7 Å². The van der Waals surface area contributed by atoms with Crippen molar-refractivity contribution in [1.29, 1.82) is 0 Å². The van der Waals surface area contributed by atoms with E-state index in [2.05, 4.69) is 38.4 Å². The molecule has 0 fully saturated rings. The van der Waals surface area contributed by atoms with Gasteiger partial charge in [-0.2, -0.15) is 5.10 Å². The topological polar surface area (TPSA) is 54.9 Å². The summed E-state index contributed by atoms with van der Waals surface area (Å²) >= 11 is 7.37. The first-order chi connectivity index (χ1) is 11.1. The first-order valence-corrected chi connectivity index (χ1v) is 8.19. The Hall–Kier alpha value is -1.87. The summed E-state index contributed by atoms with van der Waals surface area (Å²) in [7, 11) is 3.22. The van der Waals surface area contributed by atoms with Gasteiger partial charge in [-0.25, -0.2) is 0 Å². The number of ether oxygens (including phenoxy) is 2. The summed E-state index contributed by atoms with van der Waals surface area (Å²) < 4.78 is 11.6. The predicted molar refractivity (Wildman–Crippen MR) is 106 cm³/mol. The summed E-state index contributed by atoms with van der Waals surface area (Å²) in [6.07, 6.45) is 1.67. The van der Waals surface area contributed by atoms with Crippen LogP contribution in [-0.2, 0) is 0 Å². The number of methoxy groups -OCH3 is 2. The molecule has 2 aromatic carbocycles. The number of nitrogens with zero attached hydrogens (tertiary/aromatic N) is 1. The molecule has 0 aliphatic carbocycles. The van der Waals surface area contributed by atoms with Crippen molar-refractivity contribution in [2.24, 2.45) is 5.10 Å². The third-order valence-corrected chi connectivity index (χ3v) is 3.86. The van der Waals surface area contributed by atoms with Gasteiger partial charge in [0.15, 0.2) is 16.6 Å². The van der Waals surface area contributed by atoms with Crippen LogP contribution in [0.4, 0.5) is 5.69 Å². The van der Waals surface area contributed by atoms with Gasteiger partial charge < -0.3 is 14.8 Å². The highest BCUT2D eigenvalue weighted by Crippen LogP contribution is 2.32. The number of anilines is 1. The van der Waals surface area contributed by atoms with E-state index in [0.29, 0.717) is 16.6 Å². The van der Waals surface area contributed by atoms with Crippen LogP contribution in [0.15, 0.2) is 47.6 Å². The van der Waals surface area contributed by atoms with Crippen LogP contribution in [-0.4, -0.2) is 25.5 Å². The molecule has 0 unspecified atom stereocenters. The van der Waals surface area contributed by atoms with E-state index in [1.807, 2.05) is 42.5 Å². The Labute approximate surface area is 154 Å². The van der Waals surface area contributed by atoms with Crippen LogP contribution >= 0.6 is 34.8 Å². The van der Waals surface area contributed by atoms with E-state index >= 15 is 0 Å². The number of rotatable bonds is 5. The maximum absolute atomic E-state index is 5.31. The highest BCUT2D eigenvalue weighted by molar-refractivity contribution is 14.1. The first-order valence-electron chi connectivity index (χ1n) is 6.70. The smallest absolute Gasteiger partial charge is 0.191 e. The second-order valence-corrected chi connectivity index (χ2v) is 6.00. The minimum atomic E-state index is 0.419. The lowest BCUT2D eigenvalue weighted by Crippen LogP contribution is -2.23. The van der Waals surface area contributed by atoms with Crippen molar-refractivity contribution in [1.82, 2.24) is 5.43 Å². The third-order valence-electron chi connectivity index (χ3n) is 2.87. The Balaban J connectivity index is 2.00. The minimum Gasteiger partial charge on any atom is -0.493 e. The van der Waals surface area contributed by atoms with Crippen LogP contribution in [0.1, 0.15) is 5.56 Å². The molecule has 5 nitrogen and oxygen atoms in total. The zero-order valence-corrected chi connectivity index (χ0v) is 15.6. The maximum Gasteiger partial charge on any atom is 0.191 e. The molecule has 0 atom stereocenters. The summed E-state index contributed by atoms with van der Waals surface area (Å²) in [6.45, 7) is 0. The Bertz CT molecular complexity index is 708. The molecule has 0 amide bonds. The van der Waals surface area contributed by atoms with Gasteiger partial charge in [0.2, 0.25) is 0 Å². The fourth-order valence-electron chi connectivity index (χ4n) is 1.86. The van der Waals surface area contributed by atoms with Crippen molar-refractivity contribution in [3.63, 3.8) is 0 Å². The zero-order valence-electron chi connectivity index (χ0n) is 12.7. The van der Waals surface area contributed by atoms with Gasteiger partial charge in [-0.15, -0.1) is 0 Å². The standard InChI is InChI=1S/C16H16IN3O2S/c1-21-14-9-11(8-13(17)15(14)22-2)10-18-20-16(23)19-12-6-4-3-5-7-12/h3-10H,1-2H3,(H2,19,20,23)/b18-10+. The van der Waals surface area contributed by atoms with E-state index in [-0.39, 0.29) is 0 Å². The predicted octanol–water partition coefficient (Wildman–Crippen LogP) is 3.63. The third kappa shape index (κ3) is 5.07. The molecule has 0 aliphatic heterocycles. The van der Waals surface area contributed by atoms with Crippen molar-refractivity contribution in [3.05, 3.63) is 51.6 Å². The van der Waals surface area contributed by atoms with Gasteiger partial charge in [-0.3, -0.25) is 5.43 Å². The van der Waals surface area contributed by atoms with Crippen molar-refractivity contribution >= 4 is 51.8 Å². The highest BCUT2D eigenvalue weighted by Gasteiger charge is 2.09. The summed E-state index contributed by atoms with van der Waals surface area (Å²) in [5, 5.41) is 7.59. The van der Waals surface area contributed by atoms with E-state index in [0.717, 1.165) is 14.8 Å². The van der Waals surface area contributed by atoms with Crippen LogP contribution in [0, 0.1) is 3.57 Å². The van der Waals surface area contributed by atoms with Crippen molar-refractivity contribution < 1.29 is 9.47 Å². The number of hydrogen-bond acceptors (Lipinski definition) is 4. The fourth-order valence-corrected chi connectivity index (χ4v) is 2.87. The second kappa shape index (κ2) is 8.68. The number of hydrogen-bond donors (Lipinski definition) is 2. The minimum absolute atomic E-state index is 0.419. The van der Waals surface area contributed by atoms with Gasteiger partial charge in [-0.05, 0) is 64.6 Å². The van der Waals surface area contributed by atoms with Crippen LogP contribution < -0.4 is 20.2 Å². The highest BCUT2D eigenvalue weighted by atomic mass is 127. The van der Waals surface area contributed by atoms with Gasteiger partial charge in [0, 0.05) is 5.69 Å². The van der Waals surface area contributed by atoms with Crippen molar-refractivity contribution in [2.45, 2.75) is 0 Å². The maximum atomic E-state index is 5.31. The number of hydrazone groups is 1. The molecule has 0 aliphatic rings. The van der Waals surface area contributed by atoms with E-state index < -0.39 is 0 Å². The van der Waals surface area contributed by atoms with Gasteiger partial charge in [0.1, 0.15) is 0 Å². The number of thiocarbonyl (C=S) groups is 1. The van der Waals surface area contributed by atoms with Gasteiger partial charge in [0.25, 0.3) is 0 Å². The van der Waals surface area contributed by atoms with Crippen LogP contribution in [0.25, 0.3) is 0 Å². The van der Waals surface area contributed by atoms with Crippen LogP contribution in [0.2, 0.25) is 0 Å². The lowest BCUT2D eigenvalue weighted by atomic mass is 10.2. The lowest BCUT2D eigenvalue weighted by molar-refractivity contribution is 0.353. The molecular formula is C16H16IN3O2S. The molecule has 2 aromatic rings. The van der Waals surface area contributed by atoms with Crippen LogP contribution in [0.3, 0.4) is 0 Å². The molecule has 2 rings (SSSR count). The molecule has 7 heteroatoms. The Kier molecular flexibility index (Phi) is 6.60. The van der Waals surface area contributed by atoms with Gasteiger partial charge in [-0.1, -0.05) is 18.2 Å². The Morgan fingerprint density at radius 2 is 1.91 bits per heavy atom. The number of benzene rings is 2. The normalized spacial score (nSPS) is 10.4. The van der Waals surface area contributed by atoms with Gasteiger partial charge in [0.05, 0.1) is 24.0 Å². The Morgan fingerprint density at radius 3 is 2.57 bits per heavy atom. The number of para-hydroxylation sites is 1. The van der Waals surface area contributed by atoms with Crippen molar-refractivity contribution in [2.75, 3.05) is 19.5 Å². The SMILES string of the molecule is COc1cc(/C=N/NC(=S)Nc2ccccc2)cc(I)c1OC. The van der Waals surface area contributed by atoms with E-state index in [1.165, 1.54) is 0 Å². The molecular weight excluding hydrogens is 425 g/mol. The fraction of sp³-hybridized carbons (Fsp3) is 0.125.